The molecule has 3 aromatic rings. The Morgan fingerprint density at radius 1 is 0.968 bits per heavy atom. The topological polar surface area (TPSA) is 57.7 Å². The van der Waals surface area contributed by atoms with E-state index in [0.29, 0.717) is 24.2 Å². The van der Waals surface area contributed by atoms with Crippen LogP contribution in [-0.4, -0.2) is 32.0 Å². The summed E-state index contributed by atoms with van der Waals surface area (Å²) >= 11 is 0. The number of carbonyl (C=O) groups is 1. The predicted octanol–water partition coefficient (Wildman–Crippen LogP) is 3.99. The van der Waals surface area contributed by atoms with Crippen LogP contribution in [-0.2, 0) is 29.5 Å². The lowest BCUT2D eigenvalue weighted by Crippen LogP contribution is -2.36. The van der Waals surface area contributed by atoms with Gasteiger partial charge in [-0.1, -0.05) is 48.5 Å². The molecular weight excluding hydrogens is 415 g/mol. The van der Waals surface area contributed by atoms with Crippen LogP contribution >= 0.6 is 0 Å². The number of hydrogen-bond donors (Lipinski definition) is 0. The van der Waals surface area contributed by atoms with E-state index in [1.165, 1.54) is 23.8 Å². The van der Waals surface area contributed by atoms with Crippen LogP contribution in [0.2, 0.25) is 0 Å². The van der Waals surface area contributed by atoms with E-state index >= 15 is 0 Å². The van der Waals surface area contributed by atoms with E-state index in [2.05, 4.69) is 6.07 Å². The Balaban J connectivity index is 1.51. The van der Waals surface area contributed by atoms with Crippen LogP contribution in [0.3, 0.4) is 0 Å². The number of benzene rings is 3. The summed E-state index contributed by atoms with van der Waals surface area (Å²) in [4.78, 5) is 14.8. The van der Waals surface area contributed by atoms with Crippen LogP contribution in [0.15, 0.2) is 72.8 Å². The van der Waals surface area contributed by atoms with Crippen molar-refractivity contribution >= 4 is 21.6 Å². The molecule has 0 aliphatic carbocycles. The van der Waals surface area contributed by atoms with Crippen LogP contribution in [0.25, 0.3) is 0 Å². The van der Waals surface area contributed by atoms with Crippen LogP contribution < -0.4 is 4.31 Å². The zero-order valence-electron chi connectivity index (χ0n) is 17.2. The number of fused-ring (bicyclic) bond motifs is 1. The highest BCUT2D eigenvalue weighted by atomic mass is 32.2. The van der Waals surface area contributed by atoms with Crippen LogP contribution in [0, 0.1) is 5.82 Å². The summed E-state index contributed by atoms with van der Waals surface area (Å²) in [6.07, 6.45) is 1.87. The van der Waals surface area contributed by atoms with Gasteiger partial charge in [0.05, 0.1) is 18.5 Å². The highest BCUT2D eigenvalue weighted by Gasteiger charge is 2.23. The second kappa shape index (κ2) is 8.51. The van der Waals surface area contributed by atoms with Crippen molar-refractivity contribution in [3.8, 4) is 0 Å². The summed E-state index contributed by atoms with van der Waals surface area (Å²) in [7, 11) is -3.69. The lowest BCUT2D eigenvalue weighted by atomic mass is 9.99. The summed E-state index contributed by atoms with van der Waals surface area (Å²) in [6.45, 7) is 1.21. The lowest BCUT2D eigenvalue weighted by Gasteiger charge is -2.29. The number of rotatable bonds is 5. The first-order valence-corrected chi connectivity index (χ1v) is 11.8. The smallest absolute Gasteiger partial charge is 0.254 e. The molecule has 1 aliphatic rings. The average Bonchev–Trinajstić information content (AvgIpc) is 2.77. The molecule has 160 valence electrons. The summed E-state index contributed by atoms with van der Waals surface area (Å²) in [6, 6.07) is 20.7. The summed E-state index contributed by atoms with van der Waals surface area (Å²) in [5, 5.41) is 0. The van der Waals surface area contributed by atoms with Gasteiger partial charge in [-0.25, -0.2) is 12.8 Å². The molecule has 1 heterocycles. The number of anilines is 1. The molecule has 0 saturated heterocycles. The number of nitrogens with zero attached hydrogens (tertiary/aromatic N) is 2. The largest absolute Gasteiger partial charge is 0.334 e. The van der Waals surface area contributed by atoms with E-state index in [-0.39, 0.29) is 18.1 Å². The first kappa shape index (κ1) is 21.1. The first-order valence-electron chi connectivity index (χ1n) is 10.00. The van der Waals surface area contributed by atoms with Gasteiger partial charge in [0, 0.05) is 18.7 Å². The van der Waals surface area contributed by atoms with Crippen molar-refractivity contribution in [2.75, 3.05) is 17.1 Å². The van der Waals surface area contributed by atoms with Gasteiger partial charge in [0.2, 0.25) is 10.0 Å². The van der Waals surface area contributed by atoms with Crippen molar-refractivity contribution in [1.82, 2.24) is 4.90 Å². The molecule has 4 rings (SSSR count). The summed E-state index contributed by atoms with van der Waals surface area (Å²) in [5.41, 5.74) is 3.63. The van der Waals surface area contributed by atoms with Crippen molar-refractivity contribution in [1.29, 1.82) is 0 Å². The molecule has 0 bridgehead atoms. The molecule has 0 aromatic heterocycles. The van der Waals surface area contributed by atoms with E-state index < -0.39 is 15.8 Å². The third kappa shape index (κ3) is 4.61. The highest BCUT2D eigenvalue weighted by molar-refractivity contribution is 7.92. The number of sulfonamides is 1. The maximum absolute atomic E-state index is 14.2. The summed E-state index contributed by atoms with van der Waals surface area (Å²) in [5.74, 6) is -0.666. The van der Waals surface area contributed by atoms with Crippen molar-refractivity contribution in [3.05, 3.63) is 101 Å². The fourth-order valence-corrected chi connectivity index (χ4v) is 4.69. The highest BCUT2D eigenvalue weighted by Crippen LogP contribution is 2.24. The molecule has 0 atom stereocenters. The number of halogens is 1. The minimum Gasteiger partial charge on any atom is -0.334 e. The molecule has 5 nitrogen and oxygen atoms in total. The Morgan fingerprint density at radius 2 is 1.61 bits per heavy atom. The minimum absolute atomic E-state index is 0.00265. The van der Waals surface area contributed by atoms with Gasteiger partial charge in [0.25, 0.3) is 5.91 Å². The van der Waals surface area contributed by atoms with Crippen molar-refractivity contribution in [2.24, 2.45) is 0 Å². The van der Waals surface area contributed by atoms with E-state index in [9.17, 15) is 17.6 Å². The zero-order chi connectivity index (χ0) is 22.0. The Hall–Kier alpha value is -3.19. The molecule has 0 N–H and O–H groups in total. The van der Waals surface area contributed by atoms with Gasteiger partial charge in [0.1, 0.15) is 5.82 Å². The predicted molar refractivity (Wildman–Crippen MR) is 119 cm³/mol. The Morgan fingerprint density at radius 3 is 2.29 bits per heavy atom. The molecule has 7 heteroatoms. The molecule has 0 unspecified atom stereocenters. The number of para-hydroxylation sites is 1. The second-order valence-corrected chi connectivity index (χ2v) is 9.57. The Bertz CT molecular complexity index is 1210. The molecule has 3 aromatic carbocycles. The molecule has 0 fully saturated rings. The molecule has 1 amide bonds. The van der Waals surface area contributed by atoms with Gasteiger partial charge in [-0.05, 0) is 47.4 Å². The van der Waals surface area contributed by atoms with E-state index in [0.717, 1.165) is 22.5 Å². The van der Waals surface area contributed by atoms with Gasteiger partial charge in [0.15, 0.2) is 0 Å². The monoisotopic (exact) mass is 438 g/mol. The Labute approximate surface area is 181 Å². The first-order chi connectivity index (χ1) is 14.8. The minimum atomic E-state index is -3.69. The second-order valence-electron chi connectivity index (χ2n) is 7.66. The van der Waals surface area contributed by atoms with Crippen LogP contribution in [0.4, 0.5) is 10.1 Å². The number of carbonyl (C=O) groups excluding carboxylic acids is 1. The van der Waals surface area contributed by atoms with Gasteiger partial charge in [-0.2, -0.15) is 0 Å². The quantitative estimate of drug-likeness (QED) is 0.605. The van der Waals surface area contributed by atoms with Crippen molar-refractivity contribution in [2.45, 2.75) is 19.5 Å². The van der Waals surface area contributed by atoms with E-state index in [1.807, 2.05) is 23.1 Å². The lowest BCUT2D eigenvalue weighted by molar-refractivity contribution is 0.0734. The van der Waals surface area contributed by atoms with Crippen LogP contribution in [0.1, 0.15) is 27.0 Å². The van der Waals surface area contributed by atoms with E-state index in [1.54, 1.807) is 30.3 Å². The molecule has 31 heavy (non-hydrogen) atoms. The van der Waals surface area contributed by atoms with Crippen molar-refractivity contribution in [3.63, 3.8) is 0 Å². The fraction of sp³-hybridized carbons (Fsp3) is 0.208. The molecule has 1 aliphatic heterocycles. The van der Waals surface area contributed by atoms with Crippen molar-refractivity contribution < 1.29 is 17.6 Å². The van der Waals surface area contributed by atoms with Gasteiger partial charge in [-0.15, -0.1) is 0 Å². The standard InChI is InChI=1S/C24H23FN2O3S/c1-31(29,30)27(23-9-5-4-8-22(23)25)16-18-10-12-20(13-11-18)24(28)26-15-14-19-6-2-3-7-21(19)17-26/h2-13H,14-17H2,1H3. The number of hydrogen-bond acceptors (Lipinski definition) is 3. The molecule has 0 radical (unpaired) electrons. The van der Waals surface area contributed by atoms with Crippen LogP contribution in [0.5, 0.6) is 0 Å². The SMILES string of the molecule is CS(=O)(=O)N(Cc1ccc(C(=O)N2CCc3ccccc3C2)cc1)c1ccccc1F. The maximum atomic E-state index is 14.2. The zero-order valence-corrected chi connectivity index (χ0v) is 18.0. The maximum Gasteiger partial charge on any atom is 0.254 e. The number of amides is 1. The third-order valence-electron chi connectivity index (χ3n) is 5.47. The van der Waals surface area contributed by atoms with Gasteiger partial charge >= 0.3 is 0 Å². The molecular formula is C24H23FN2O3S. The average molecular weight is 439 g/mol. The molecule has 0 saturated carbocycles. The normalized spacial score (nSPS) is 13.5. The Kier molecular flexibility index (Phi) is 5.78. The van der Waals surface area contributed by atoms with Gasteiger partial charge < -0.3 is 4.90 Å². The summed E-state index contributed by atoms with van der Waals surface area (Å²) < 4.78 is 39.8. The fourth-order valence-electron chi connectivity index (χ4n) is 3.81. The molecule has 0 spiro atoms. The third-order valence-corrected chi connectivity index (χ3v) is 6.59. The van der Waals surface area contributed by atoms with E-state index in [4.69, 9.17) is 0 Å². The van der Waals surface area contributed by atoms with Gasteiger partial charge in [-0.3, -0.25) is 9.10 Å².